The number of para-hydroxylation sites is 1. The van der Waals surface area contributed by atoms with Crippen LogP contribution in [0.2, 0.25) is 0 Å². The van der Waals surface area contributed by atoms with E-state index in [9.17, 15) is 4.79 Å². The summed E-state index contributed by atoms with van der Waals surface area (Å²) in [6.45, 7) is 0.675. The van der Waals surface area contributed by atoms with Crippen LogP contribution in [0.15, 0.2) is 24.3 Å². The van der Waals surface area contributed by atoms with Gasteiger partial charge in [0.2, 0.25) is 0 Å². The minimum Gasteiger partial charge on any atom is -0.493 e. The highest BCUT2D eigenvalue weighted by atomic mass is 32.2. The lowest BCUT2D eigenvalue weighted by molar-refractivity contribution is -0.133. The van der Waals surface area contributed by atoms with E-state index in [-0.39, 0.29) is 11.0 Å². The van der Waals surface area contributed by atoms with Gasteiger partial charge in [-0.25, -0.2) is 0 Å². The zero-order valence-corrected chi connectivity index (χ0v) is 9.00. The second-order valence-electron chi connectivity index (χ2n) is 3.37. The molecule has 1 aromatic carbocycles. The summed E-state index contributed by atoms with van der Waals surface area (Å²) in [6, 6.07) is 7.84. The van der Waals surface area contributed by atoms with Gasteiger partial charge < -0.3 is 9.84 Å². The van der Waals surface area contributed by atoms with Gasteiger partial charge in [-0.2, -0.15) is 0 Å². The molecule has 1 unspecified atom stereocenters. The number of thioether (sulfide) groups is 1. The van der Waals surface area contributed by atoms with E-state index in [1.54, 1.807) is 0 Å². The lowest BCUT2D eigenvalue weighted by atomic mass is 10.1. The number of ether oxygens (including phenoxy) is 1. The van der Waals surface area contributed by atoms with Gasteiger partial charge in [0.15, 0.2) is 0 Å². The van der Waals surface area contributed by atoms with Gasteiger partial charge in [0.1, 0.15) is 5.75 Å². The topological polar surface area (TPSA) is 46.5 Å². The van der Waals surface area contributed by atoms with E-state index in [0.717, 1.165) is 17.7 Å². The number of benzene rings is 1. The molecule has 0 fully saturated rings. The molecule has 2 rings (SSSR count). The highest BCUT2D eigenvalue weighted by molar-refractivity contribution is 8.00. The number of fused-ring (bicyclic) bond motifs is 1. The Labute approximate surface area is 92.4 Å². The van der Waals surface area contributed by atoms with Crippen LogP contribution in [0.3, 0.4) is 0 Å². The standard InChI is InChI=1S/C11H12O3S/c12-11(13)7-15-10-5-6-14-9-4-2-1-3-8(9)10/h1-4,10H,5-7H2,(H,12,13). The summed E-state index contributed by atoms with van der Waals surface area (Å²) in [4.78, 5) is 10.5. The predicted molar refractivity (Wildman–Crippen MR) is 59.4 cm³/mol. The molecular formula is C11H12O3S. The van der Waals surface area contributed by atoms with Crippen molar-refractivity contribution in [3.05, 3.63) is 29.8 Å². The normalized spacial score (nSPS) is 19.1. The van der Waals surface area contributed by atoms with E-state index in [1.807, 2.05) is 24.3 Å². The molecule has 3 nitrogen and oxygen atoms in total. The van der Waals surface area contributed by atoms with Crippen molar-refractivity contribution in [2.75, 3.05) is 12.4 Å². The number of carboxylic acid groups (broad SMARTS) is 1. The minimum absolute atomic E-state index is 0.152. The van der Waals surface area contributed by atoms with Crippen molar-refractivity contribution < 1.29 is 14.6 Å². The maximum absolute atomic E-state index is 10.5. The Bertz CT molecular complexity index is 365. The highest BCUT2D eigenvalue weighted by Gasteiger charge is 2.21. The summed E-state index contributed by atoms with van der Waals surface area (Å²) in [5.41, 5.74) is 1.12. The Morgan fingerprint density at radius 3 is 3.13 bits per heavy atom. The summed E-state index contributed by atoms with van der Waals surface area (Å²) < 4.78 is 5.50. The summed E-state index contributed by atoms with van der Waals surface area (Å²) in [5, 5.41) is 8.90. The largest absolute Gasteiger partial charge is 0.493 e. The average Bonchev–Trinajstić information content (AvgIpc) is 2.26. The van der Waals surface area contributed by atoms with Gasteiger partial charge in [-0.05, 0) is 12.5 Å². The maximum Gasteiger partial charge on any atom is 0.313 e. The third-order valence-electron chi connectivity index (χ3n) is 2.31. The molecule has 0 radical (unpaired) electrons. The van der Waals surface area contributed by atoms with Gasteiger partial charge in [-0.3, -0.25) is 4.79 Å². The fourth-order valence-corrected chi connectivity index (χ4v) is 2.64. The predicted octanol–water partition coefficient (Wildman–Crippen LogP) is 2.33. The lowest BCUT2D eigenvalue weighted by Crippen LogP contribution is -2.13. The van der Waals surface area contributed by atoms with Crippen LogP contribution in [0.5, 0.6) is 5.75 Å². The number of carbonyl (C=O) groups is 1. The molecule has 1 heterocycles. The second kappa shape index (κ2) is 4.57. The van der Waals surface area contributed by atoms with Crippen molar-refractivity contribution in [1.82, 2.24) is 0 Å². The molecule has 15 heavy (non-hydrogen) atoms. The Balaban J connectivity index is 2.11. The van der Waals surface area contributed by atoms with Crippen molar-refractivity contribution in [2.45, 2.75) is 11.7 Å². The fourth-order valence-electron chi connectivity index (χ4n) is 1.65. The molecule has 1 aliphatic rings. The Morgan fingerprint density at radius 1 is 1.53 bits per heavy atom. The van der Waals surface area contributed by atoms with Crippen LogP contribution >= 0.6 is 11.8 Å². The molecule has 0 spiro atoms. The molecule has 0 saturated carbocycles. The zero-order chi connectivity index (χ0) is 10.7. The van der Waals surface area contributed by atoms with Crippen molar-refractivity contribution in [1.29, 1.82) is 0 Å². The summed E-state index contributed by atoms with van der Waals surface area (Å²) in [6.07, 6.45) is 0.884. The van der Waals surface area contributed by atoms with E-state index in [2.05, 4.69) is 0 Å². The summed E-state index contributed by atoms with van der Waals surface area (Å²) in [5.74, 6) is 0.287. The van der Waals surface area contributed by atoms with Gasteiger partial charge >= 0.3 is 5.97 Å². The molecule has 1 N–H and O–H groups in total. The van der Waals surface area contributed by atoms with Gasteiger partial charge in [-0.15, -0.1) is 11.8 Å². The molecule has 0 saturated heterocycles. The molecule has 0 amide bonds. The Kier molecular flexibility index (Phi) is 3.16. The monoisotopic (exact) mass is 224 g/mol. The number of aliphatic carboxylic acids is 1. The summed E-state index contributed by atoms with van der Waals surface area (Å²) in [7, 11) is 0. The van der Waals surface area contributed by atoms with Crippen molar-refractivity contribution in [3.63, 3.8) is 0 Å². The van der Waals surface area contributed by atoms with Gasteiger partial charge in [0.25, 0.3) is 0 Å². The van der Waals surface area contributed by atoms with E-state index < -0.39 is 5.97 Å². The van der Waals surface area contributed by atoms with Crippen molar-refractivity contribution in [3.8, 4) is 5.75 Å². The number of rotatable bonds is 3. The summed E-state index contributed by atoms with van der Waals surface area (Å²) >= 11 is 1.47. The third-order valence-corrected chi connectivity index (χ3v) is 3.62. The first-order valence-corrected chi connectivity index (χ1v) is 5.87. The van der Waals surface area contributed by atoms with E-state index >= 15 is 0 Å². The smallest absolute Gasteiger partial charge is 0.313 e. The Morgan fingerprint density at radius 2 is 2.33 bits per heavy atom. The minimum atomic E-state index is -0.760. The van der Waals surface area contributed by atoms with Gasteiger partial charge in [-0.1, -0.05) is 18.2 Å². The van der Waals surface area contributed by atoms with E-state index in [4.69, 9.17) is 9.84 Å². The number of hydrogen-bond acceptors (Lipinski definition) is 3. The molecule has 0 aromatic heterocycles. The quantitative estimate of drug-likeness (QED) is 0.856. The van der Waals surface area contributed by atoms with Gasteiger partial charge in [0.05, 0.1) is 12.4 Å². The van der Waals surface area contributed by atoms with Crippen molar-refractivity contribution in [2.24, 2.45) is 0 Å². The van der Waals surface area contributed by atoms with Crippen LogP contribution in [-0.4, -0.2) is 23.4 Å². The lowest BCUT2D eigenvalue weighted by Gasteiger charge is -2.24. The Hall–Kier alpha value is -1.16. The van der Waals surface area contributed by atoms with Crippen LogP contribution < -0.4 is 4.74 Å². The first kappa shape index (κ1) is 10.4. The van der Waals surface area contributed by atoms with Crippen LogP contribution in [0.25, 0.3) is 0 Å². The maximum atomic E-state index is 10.5. The third kappa shape index (κ3) is 2.45. The molecule has 80 valence electrons. The molecule has 1 atom stereocenters. The molecule has 0 aliphatic carbocycles. The van der Waals surface area contributed by atoms with Crippen LogP contribution in [-0.2, 0) is 4.79 Å². The molecule has 0 bridgehead atoms. The number of carboxylic acids is 1. The second-order valence-corrected chi connectivity index (χ2v) is 4.56. The average molecular weight is 224 g/mol. The SMILES string of the molecule is O=C(O)CSC1CCOc2ccccc21. The first-order valence-electron chi connectivity index (χ1n) is 4.82. The molecule has 1 aliphatic heterocycles. The van der Waals surface area contributed by atoms with Crippen molar-refractivity contribution >= 4 is 17.7 Å². The number of hydrogen-bond donors (Lipinski definition) is 1. The van der Waals surface area contributed by atoms with Gasteiger partial charge in [0, 0.05) is 10.8 Å². The van der Waals surface area contributed by atoms with Crippen LogP contribution in [0, 0.1) is 0 Å². The van der Waals surface area contributed by atoms with Crippen LogP contribution in [0.4, 0.5) is 0 Å². The molecular weight excluding hydrogens is 212 g/mol. The fraction of sp³-hybridized carbons (Fsp3) is 0.364. The highest BCUT2D eigenvalue weighted by Crippen LogP contribution is 2.40. The van der Waals surface area contributed by atoms with Crippen LogP contribution in [0.1, 0.15) is 17.2 Å². The first-order chi connectivity index (χ1) is 7.27. The molecule has 1 aromatic rings. The molecule has 4 heteroatoms. The van der Waals surface area contributed by atoms with E-state index in [1.165, 1.54) is 11.8 Å². The zero-order valence-electron chi connectivity index (χ0n) is 8.18. The van der Waals surface area contributed by atoms with E-state index in [0.29, 0.717) is 6.61 Å².